The summed E-state index contributed by atoms with van der Waals surface area (Å²) in [5, 5.41) is 2.99. The molecule has 1 amide bonds. The van der Waals surface area contributed by atoms with E-state index < -0.39 is 0 Å². The van der Waals surface area contributed by atoms with Gasteiger partial charge in [-0.25, -0.2) is 4.39 Å². The van der Waals surface area contributed by atoms with Gasteiger partial charge in [-0.15, -0.1) is 0 Å². The van der Waals surface area contributed by atoms with Gasteiger partial charge in [-0.3, -0.25) is 4.79 Å². The number of ether oxygens (including phenoxy) is 2. The van der Waals surface area contributed by atoms with E-state index in [4.69, 9.17) is 9.47 Å². The Balaban J connectivity index is 1.46. The van der Waals surface area contributed by atoms with Crippen LogP contribution in [0.15, 0.2) is 66.7 Å². The quantitative estimate of drug-likeness (QED) is 0.590. The molecule has 32 heavy (non-hydrogen) atoms. The lowest BCUT2D eigenvalue weighted by atomic mass is 10.1. The number of hydrogen-bond acceptors (Lipinski definition) is 4. The molecule has 0 radical (unpaired) electrons. The Labute approximate surface area is 187 Å². The minimum atomic E-state index is -0.338. The van der Waals surface area contributed by atoms with Gasteiger partial charge in [0.15, 0.2) is 0 Å². The van der Waals surface area contributed by atoms with Crippen LogP contribution in [0.3, 0.4) is 0 Å². The van der Waals surface area contributed by atoms with Gasteiger partial charge in [-0.2, -0.15) is 0 Å². The third kappa shape index (κ3) is 5.19. The van der Waals surface area contributed by atoms with Crippen molar-refractivity contribution in [3.8, 4) is 11.5 Å². The van der Waals surface area contributed by atoms with Crippen LogP contribution in [0.5, 0.6) is 11.5 Å². The fraction of sp³-hybridized carbons (Fsp3) is 0.269. The maximum absolute atomic E-state index is 13.7. The molecule has 1 aliphatic rings. The second-order valence-electron chi connectivity index (χ2n) is 8.02. The lowest BCUT2D eigenvalue weighted by Crippen LogP contribution is -2.45. The summed E-state index contributed by atoms with van der Waals surface area (Å²) < 4.78 is 24.7. The van der Waals surface area contributed by atoms with E-state index in [0.29, 0.717) is 25.4 Å². The van der Waals surface area contributed by atoms with Crippen LogP contribution in [-0.2, 0) is 17.9 Å². The predicted molar refractivity (Wildman–Crippen MR) is 123 cm³/mol. The van der Waals surface area contributed by atoms with Crippen LogP contribution < -0.4 is 19.7 Å². The first-order valence-electron chi connectivity index (χ1n) is 10.7. The standard InChI is InChI=1S/C26H27FN2O3/c1-18-3-5-20(6-4-18)16-29-22(17-32-25-13-21(27)9-12-24(25)29)14-26(30)28-15-19-7-10-23(31-2)11-8-19/h3-13,22H,14-17H2,1-2H3,(H,28,30)/t22-/m1/s1. The van der Waals surface area contributed by atoms with Crippen LogP contribution >= 0.6 is 0 Å². The summed E-state index contributed by atoms with van der Waals surface area (Å²) in [5.74, 6) is 0.886. The monoisotopic (exact) mass is 434 g/mol. The Bertz CT molecular complexity index is 1070. The summed E-state index contributed by atoms with van der Waals surface area (Å²) in [6.07, 6.45) is 0.277. The number of halogens is 1. The minimum absolute atomic E-state index is 0.0612. The number of fused-ring (bicyclic) bond motifs is 1. The molecule has 5 nitrogen and oxygen atoms in total. The van der Waals surface area contributed by atoms with Crippen LogP contribution in [0.2, 0.25) is 0 Å². The smallest absolute Gasteiger partial charge is 0.222 e. The number of carbonyl (C=O) groups is 1. The van der Waals surface area contributed by atoms with E-state index in [1.807, 2.05) is 31.2 Å². The van der Waals surface area contributed by atoms with Crippen molar-refractivity contribution in [1.82, 2.24) is 5.32 Å². The van der Waals surface area contributed by atoms with Gasteiger partial charge in [0, 0.05) is 19.2 Å². The zero-order chi connectivity index (χ0) is 22.5. The Kier molecular flexibility index (Phi) is 6.59. The molecular weight excluding hydrogens is 407 g/mol. The fourth-order valence-corrected chi connectivity index (χ4v) is 3.82. The first kappa shape index (κ1) is 21.7. The van der Waals surface area contributed by atoms with Gasteiger partial charge < -0.3 is 19.7 Å². The molecule has 0 bridgehead atoms. The number of nitrogens with one attached hydrogen (secondary N) is 1. The SMILES string of the molecule is COc1ccc(CNC(=O)C[C@@H]2COc3cc(F)ccc3N2Cc2ccc(C)cc2)cc1. The van der Waals surface area contributed by atoms with Crippen LogP contribution in [0.1, 0.15) is 23.1 Å². The molecule has 4 rings (SSSR count). The van der Waals surface area contributed by atoms with Gasteiger partial charge in [0.2, 0.25) is 5.91 Å². The van der Waals surface area contributed by atoms with Crippen LogP contribution in [0.4, 0.5) is 10.1 Å². The molecule has 0 saturated heterocycles. The van der Waals surface area contributed by atoms with Crippen LogP contribution in [0, 0.1) is 12.7 Å². The van der Waals surface area contributed by atoms with Gasteiger partial charge in [0.05, 0.1) is 25.3 Å². The first-order chi connectivity index (χ1) is 15.5. The molecule has 0 aromatic heterocycles. The largest absolute Gasteiger partial charge is 0.497 e. The maximum Gasteiger partial charge on any atom is 0.222 e. The van der Waals surface area contributed by atoms with Crippen molar-refractivity contribution in [2.75, 3.05) is 18.6 Å². The topological polar surface area (TPSA) is 50.8 Å². The number of methoxy groups -OCH3 is 1. The molecule has 1 heterocycles. The Morgan fingerprint density at radius 2 is 1.81 bits per heavy atom. The van der Waals surface area contributed by atoms with E-state index in [0.717, 1.165) is 22.6 Å². The lowest BCUT2D eigenvalue weighted by molar-refractivity contribution is -0.121. The summed E-state index contributed by atoms with van der Waals surface area (Å²) in [5.41, 5.74) is 4.10. The molecule has 3 aromatic carbocycles. The van der Waals surface area contributed by atoms with Crippen molar-refractivity contribution < 1.29 is 18.7 Å². The van der Waals surface area contributed by atoms with Gasteiger partial charge in [0.25, 0.3) is 0 Å². The molecule has 0 spiro atoms. The van der Waals surface area contributed by atoms with Crippen molar-refractivity contribution in [3.05, 3.63) is 89.2 Å². The predicted octanol–water partition coefficient (Wildman–Crippen LogP) is 4.62. The van der Waals surface area contributed by atoms with E-state index in [1.165, 1.54) is 17.7 Å². The van der Waals surface area contributed by atoms with Gasteiger partial charge in [-0.1, -0.05) is 42.0 Å². The zero-order valence-corrected chi connectivity index (χ0v) is 18.3. The molecule has 1 atom stereocenters. The van der Waals surface area contributed by atoms with Gasteiger partial charge in [0.1, 0.15) is 23.9 Å². The molecule has 1 N–H and O–H groups in total. The summed E-state index contributed by atoms with van der Waals surface area (Å²) in [7, 11) is 1.62. The van der Waals surface area contributed by atoms with E-state index in [-0.39, 0.29) is 24.2 Å². The third-order valence-corrected chi connectivity index (χ3v) is 5.65. The highest BCUT2D eigenvalue weighted by Crippen LogP contribution is 2.36. The van der Waals surface area contributed by atoms with Crippen molar-refractivity contribution in [2.24, 2.45) is 0 Å². The van der Waals surface area contributed by atoms with Crippen molar-refractivity contribution in [2.45, 2.75) is 32.5 Å². The maximum atomic E-state index is 13.7. The van der Waals surface area contributed by atoms with E-state index in [1.54, 1.807) is 13.2 Å². The molecule has 0 aliphatic carbocycles. The Morgan fingerprint density at radius 3 is 2.53 bits per heavy atom. The third-order valence-electron chi connectivity index (χ3n) is 5.65. The molecule has 6 heteroatoms. The second-order valence-corrected chi connectivity index (χ2v) is 8.02. The number of aryl methyl sites for hydroxylation is 1. The normalized spacial score (nSPS) is 15.0. The van der Waals surface area contributed by atoms with Crippen LogP contribution in [0.25, 0.3) is 0 Å². The van der Waals surface area contributed by atoms with E-state index >= 15 is 0 Å². The number of amides is 1. The summed E-state index contributed by atoms with van der Waals surface area (Å²) >= 11 is 0. The number of rotatable bonds is 7. The highest BCUT2D eigenvalue weighted by atomic mass is 19.1. The highest BCUT2D eigenvalue weighted by Gasteiger charge is 2.29. The first-order valence-corrected chi connectivity index (χ1v) is 10.7. The lowest BCUT2D eigenvalue weighted by Gasteiger charge is -2.38. The van der Waals surface area contributed by atoms with E-state index in [2.05, 4.69) is 34.5 Å². The number of nitrogens with zero attached hydrogens (tertiary/aromatic N) is 1. The molecule has 0 unspecified atom stereocenters. The van der Waals surface area contributed by atoms with Crippen molar-refractivity contribution in [3.63, 3.8) is 0 Å². The second kappa shape index (κ2) is 9.73. The van der Waals surface area contributed by atoms with E-state index in [9.17, 15) is 9.18 Å². The number of carbonyl (C=O) groups excluding carboxylic acids is 1. The number of benzene rings is 3. The number of anilines is 1. The van der Waals surface area contributed by atoms with Gasteiger partial charge in [-0.05, 0) is 42.3 Å². The van der Waals surface area contributed by atoms with Crippen LogP contribution in [-0.4, -0.2) is 25.7 Å². The Morgan fingerprint density at radius 1 is 1.09 bits per heavy atom. The number of hydrogen-bond donors (Lipinski definition) is 1. The molecule has 3 aromatic rings. The fourth-order valence-electron chi connectivity index (χ4n) is 3.82. The average molecular weight is 435 g/mol. The van der Waals surface area contributed by atoms with Crippen molar-refractivity contribution >= 4 is 11.6 Å². The Hall–Kier alpha value is -3.54. The average Bonchev–Trinajstić information content (AvgIpc) is 2.81. The minimum Gasteiger partial charge on any atom is -0.497 e. The summed E-state index contributed by atoms with van der Waals surface area (Å²) in [4.78, 5) is 14.9. The molecule has 0 saturated carbocycles. The molecular formula is C26H27FN2O3. The molecule has 166 valence electrons. The highest BCUT2D eigenvalue weighted by molar-refractivity contribution is 5.77. The molecule has 0 fully saturated rings. The zero-order valence-electron chi connectivity index (χ0n) is 18.3. The summed E-state index contributed by atoms with van der Waals surface area (Å²) in [6.45, 7) is 3.42. The van der Waals surface area contributed by atoms with Crippen molar-refractivity contribution in [1.29, 1.82) is 0 Å². The summed E-state index contributed by atoms with van der Waals surface area (Å²) in [6, 6.07) is 20.3. The molecule has 1 aliphatic heterocycles. The van der Waals surface area contributed by atoms with Gasteiger partial charge >= 0.3 is 0 Å².